The molecule has 16 heavy (non-hydrogen) atoms. The Morgan fingerprint density at radius 1 is 1.50 bits per heavy atom. The Morgan fingerprint density at radius 2 is 2.19 bits per heavy atom. The minimum atomic E-state index is -0.130. The van der Waals surface area contributed by atoms with Crippen LogP contribution in [0.4, 0.5) is 0 Å². The molecule has 1 N–H and O–H groups in total. The summed E-state index contributed by atoms with van der Waals surface area (Å²) in [6, 6.07) is 0.863. The van der Waals surface area contributed by atoms with Crippen molar-refractivity contribution in [3.05, 3.63) is 11.6 Å². The molecule has 2 aliphatic rings. The lowest BCUT2D eigenvalue weighted by Gasteiger charge is -2.37. The molecule has 2 aliphatic heterocycles. The van der Waals surface area contributed by atoms with E-state index in [4.69, 9.17) is 9.47 Å². The molecule has 4 heteroatoms. The maximum atomic E-state index is 11.2. The van der Waals surface area contributed by atoms with Gasteiger partial charge in [-0.1, -0.05) is 11.6 Å². The summed E-state index contributed by atoms with van der Waals surface area (Å²) in [6.45, 7) is 3.86. The van der Waals surface area contributed by atoms with Crippen LogP contribution in [0, 0.1) is 0 Å². The summed E-state index contributed by atoms with van der Waals surface area (Å²) in [7, 11) is 0. The van der Waals surface area contributed by atoms with Crippen molar-refractivity contribution in [2.24, 2.45) is 0 Å². The highest BCUT2D eigenvalue weighted by atomic mass is 16.5. The molecular formula is C12H19NO3. The lowest BCUT2D eigenvalue weighted by Crippen LogP contribution is -2.52. The van der Waals surface area contributed by atoms with E-state index < -0.39 is 0 Å². The normalized spacial score (nSPS) is 28.7. The second-order valence-corrected chi connectivity index (χ2v) is 4.38. The van der Waals surface area contributed by atoms with Gasteiger partial charge in [-0.15, -0.1) is 0 Å². The number of hydrogen-bond donors (Lipinski definition) is 1. The van der Waals surface area contributed by atoms with Crippen LogP contribution in [0.25, 0.3) is 0 Å². The fourth-order valence-corrected chi connectivity index (χ4v) is 2.35. The fourth-order valence-electron chi connectivity index (χ4n) is 2.35. The largest absolute Gasteiger partial charge is 0.466 e. The number of nitrogens with one attached hydrogen (secondary N) is 1. The van der Waals surface area contributed by atoms with Gasteiger partial charge in [0.1, 0.15) is 0 Å². The lowest BCUT2D eigenvalue weighted by atomic mass is 9.91. The Kier molecular flexibility index (Phi) is 3.96. The maximum absolute atomic E-state index is 11.2. The zero-order valence-electron chi connectivity index (χ0n) is 9.70. The molecule has 2 atom stereocenters. The topological polar surface area (TPSA) is 47.6 Å². The smallest absolute Gasteiger partial charge is 0.309 e. The van der Waals surface area contributed by atoms with Crippen molar-refractivity contribution >= 4 is 5.97 Å². The first kappa shape index (κ1) is 11.6. The van der Waals surface area contributed by atoms with Crippen LogP contribution >= 0.6 is 0 Å². The summed E-state index contributed by atoms with van der Waals surface area (Å²) < 4.78 is 10.4. The number of rotatable bonds is 3. The van der Waals surface area contributed by atoms with Gasteiger partial charge < -0.3 is 14.8 Å². The van der Waals surface area contributed by atoms with Gasteiger partial charge in [0.15, 0.2) is 0 Å². The third kappa shape index (κ3) is 3.06. The lowest BCUT2D eigenvalue weighted by molar-refractivity contribution is -0.142. The number of esters is 1. The average molecular weight is 225 g/mol. The van der Waals surface area contributed by atoms with Crippen molar-refractivity contribution in [2.75, 3.05) is 19.8 Å². The maximum Gasteiger partial charge on any atom is 0.309 e. The van der Waals surface area contributed by atoms with Crippen LogP contribution < -0.4 is 5.32 Å². The Balaban J connectivity index is 1.85. The van der Waals surface area contributed by atoms with E-state index in [-0.39, 0.29) is 5.97 Å². The quantitative estimate of drug-likeness (QED) is 0.575. The molecule has 2 fully saturated rings. The van der Waals surface area contributed by atoms with Crippen molar-refractivity contribution < 1.29 is 14.3 Å². The minimum absolute atomic E-state index is 0.130. The molecular weight excluding hydrogens is 206 g/mol. The summed E-state index contributed by atoms with van der Waals surface area (Å²) in [5, 5.41) is 3.51. The van der Waals surface area contributed by atoms with Crippen molar-refractivity contribution in [3.8, 4) is 0 Å². The second-order valence-electron chi connectivity index (χ2n) is 4.38. The zero-order chi connectivity index (χ0) is 11.4. The van der Waals surface area contributed by atoms with E-state index in [2.05, 4.69) is 5.32 Å². The van der Waals surface area contributed by atoms with Gasteiger partial charge >= 0.3 is 5.97 Å². The van der Waals surface area contributed by atoms with Gasteiger partial charge in [-0.05, 0) is 19.8 Å². The summed E-state index contributed by atoms with van der Waals surface area (Å²) in [5.41, 5.74) is 1.37. The van der Waals surface area contributed by atoms with Gasteiger partial charge in [-0.2, -0.15) is 0 Å². The average Bonchev–Trinajstić information content (AvgIpc) is 2.26. The van der Waals surface area contributed by atoms with Crippen molar-refractivity contribution in [1.29, 1.82) is 0 Å². The number of piperidine rings is 1. The van der Waals surface area contributed by atoms with E-state index in [0.717, 1.165) is 26.1 Å². The summed E-state index contributed by atoms with van der Waals surface area (Å²) in [5.74, 6) is -0.130. The molecule has 0 spiro atoms. The van der Waals surface area contributed by atoms with E-state index in [1.807, 2.05) is 13.0 Å². The van der Waals surface area contributed by atoms with Gasteiger partial charge in [0.25, 0.3) is 0 Å². The van der Waals surface area contributed by atoms with Gasteiger partial charge in [-0.3, -0.25) is 4.79 Å². The van der Waals surface area contributed by atoms with Crippen LogP contribution in [0.2, 0.25) is 0 Å². The second kappa shape index (κ2) is 5.46. The first-order valence-corrected chi connectivity index (χ1v) is 5.95. The van der Waals surface area contributed by atoms with Crippen LogP contribution in [0.15, 0.2) is 11.6 Å². The van der Waals surface area contributed by atoms with E-state index in [1.54, 1.807) is 0 Å². The minimum Gasteiger partial charge on any atom is -0.466 e. The standard InChI is InChI=1S/C12H19NO3/c1-2-16-12(14)4-3-9-5-10-7-15-8-11(6-9)13-10/h3,10-11,13H,2,4-8H2,1H3. The molecule has 0 aliphatic carbocycles. The third-order valence-electron chi connectivity index (χ3n) is 2.99. The molecule has 4 nitrogen and oxygen atoms in total. The van der Waals surface area contributed by atoms with Crippen LogP contribution in [0.5, 0.6) is 0 Å². The van der Waals surface area contributed by atoms with E-state index in [1.165, 1.54) is 5.57 Å². The molecule has 0 saturated carbocycles. The van der Waals surface area contributed by atoms with E-state index in [0.29, 0.717) is 25.1 Å². The molecule has 0 aromatic carbocycles. The Labute approximate surface area is 96.0 Å². The molecule has 2 unspecified atom stereocenters. The SMILES string of the molecule is CCOC(=O)CC=C1CC2COCC(C1)N2. The van der Waals surface area contributed by atoms with Crippen LogP contribution in [-0.2, 0) is 14.3 Å². The molecule has 2 bridgehead atoms. The van der Waals surface area contributed by atoms with Gasteiger partial charge in [0, 0.05) is 12.1 Å². The molecule has 0 aromatic rings. The number of carbonyl (C=O) groups excluding carboxylic acids is 1. The highest BCUT2D eigenvalue weighted by Gasteiger charge is 2.28. The summed E-state index contributed by atoms with van der Waals surface area (Å²) >= 11 is 0. The predicted octanol–water partition coefficient (Wildman–Crippen LogP) is 1.02. The summed E-state index contributed by atoms with van der Waals surface area (Å²) in [6.07, 6.45) is 4.43. The number of hydrogen-bond acceptors (Lipinski definition) is 4. The molecule has 2 rings (SSSR count). The van der Waals surface area contributed by atoms with Gasteiger partial charge in [0.05, 0.1) is 26.2 Å². The van der Waals surface area contributed by atoms with E-state index >= 15 is 0 Å². The van der Waals surface area contributed by atoms with Crippen LogP contribution in [0.1, 0.15) is 26.2 Å². The predicted molar refractivity (Wildman–Crippen MR) is 60.1 cm³/mol. The van der Waals surface area contributed by atoms with Gasteiger partial charge in [-0.25, -0.2) is 0 Å². The molecule has 0 amide bonds. The molecule has 0 radical (unpaired) electrons. The van der Waals surface area contributed by atoms with Gasteiger partial charge in [0.2, 0.25) is 0 Å². The Hall–Kier alpha value is -0.870. The number of fused-ring (bicyclic) bond motifs is 2. The Morgan fingerprint density at radius 3 is 2.81 bits per heavy atom. The molecule has 2 heterocycles. The van der Waals surface area contributed by atoms with Crippen molar-refractivity contribution in [1.82, 2.24) is 5.32 Å². The van der Waals surface area contributed by atoms with Crippen molar-refractivity contribution in [2.45, 2.75) is 38.3 Å². The third-order valence-corrected chi connectivity index (χ3v) is 2.99. The highest BCUT2D eigenvalue weighted by molar-refractivity contribution is 5.71. The van der Waals surface area contributed by atoms with E-state index in [9.17, 15) is 4.79 Å². The van der Waals surface area contributed by atoms with Crippen molar-refractivity contribution in [3.63, 3.8) is 0 Å². The monoisotopic (exact) mass is 225 g/mol. The number of morpholine rings is 1. The molecule has 90 valence electrons. The Bertz CT molecular complexity index is 274. The van der Waals surface area contributed by atoms with Crippen LogP contribution in [0.3, 0.4) is 0 Å². The number of ether oxygens (including phenoxy) is 2. The number of carbonyl (C=O) groups is 1. The first-order chi connectivity index (χ1) is 7.78. The highest BCUT2D eigenvalue weighted by Crippen LogP contribution is 2.23. The first-order valence-electron chi connectivity index (χ1n) is 5.95. The molecule has 0 aromatic heterocycles. The van der Waals surface area contributed by atoms with Crippen LogP contribution in [-0.4, -0.2) is 37.9 Å². The summed E-state index contributed by atoms with van der Waals surface area (Å²) in [4.78, 5) is 11.2. The fraction of sp³-hybridized carbons (Fsp3) is 0.750. The molecule has 2 saturated heterocycles. The zero-order valence-corrected chi connectivity index (χ0v) is 9.70.